The van der Waals surface area contributed by atoms with Gasteiger partial charge in [0.15, 0.2) is 5.03 Å². The number of aromatic nitrogens is 2. The fourth-order valence-corrected chi connectivity index (χ4v) is 3.51. The summed E-state index contributed by atoms with van der Waals surface area (Å²) in [6.07, 6.45) is 3.39. The van der Waals surface area contributed by atoms with Gasteiger partial charge in [0.2, 0.25) is 0 Å². The summed E-state index contributed by atoms with van der Waals surface area (Å²) in [5, 5.41) is 3.37. The Morgan fingerprint density at radius 2 is 2.28 bits per heavy atom. The molecule has 1 aliphatic heterocycles. The highest BCUT2D eigenvalue weighted by atomic mass is 32.2. The second-order valence-electron chi connectivity index (χ2n) is 4.85. The van der Waals surface area contributed by atoms with Crippen LogP contribution in [0.3, 0.4) is 0 Å². The zero-order valence-corrected chi connectivity index (χ0v) is 11.8. The Bertz CT molecular complexity index is 504. The summed E-state index contributed by atoms with van der Waals surface area (Å²) in [6.45, 7) is 4.72. The van der Waals surface area contributed by atoms with Gasteiger partial charge in [0.25, 0.3) is 10.0 Å². The van der Waals surface area contributed by atoms with Gasteiger partial charge in [0.1, 0.15) is 5.82 Å². The van der Waals surface area contributed by atoms with Crippen molar-refractivity contribution in [3.05, 3.63) is 12.0 Å². The summed E-state index contributed by atoms with van der Waals surface area (Å²) >= 11 is 0. The lowest BCUT2D eigenvalue weighted by molar-refractivity contribution is 0.348. The van der Waals surface area contributed by atoms with Crippen molar-refractivity contribution in [3.8, 4) is 0 Å². The molecule has 0 spiro atoms. The van der Waals surface area contributed by atoms with Crippen LogP contribution < -0.4 is 10.0 Å². The van der Waals surface area contributed by atoms with E-state index in [1.807, 2.05) is 6.92 Å². The average Bonchev–Trinajstić information content (AvgIpc) is 2.63. The maximum absolute atomic E-state index is 12.2. The molecule has 18 heavy (non-hydrogen) atoms. The van der Waals surface area contributed by atoms with Crippen LogP contribution in [0.2, 0.25) is 0 Å². The molecule has 0 radical (unpaired) electrons. The normalized spacial score (nSPS) is 25.3. The SMILES string of the molecule is Cc1nc(S(=O)(=O)N[C@H]2CCCN[C@@H]2C)cn1C. The summed E-state index contributed by atoms with van der Waals surface area (Å²) in [4.78, 5) is 4.06. The van der Waals surface area contributed by atoms with E-state index in [0.29, 0.717) is 5.82 Å². The molecule has 0 unspecified atom stereocenters. The number of sulfonamides is 1. The van der Waals surface area contributed by atoms with E-state index in [2.05, 4.69) is 15.0 Å². The van der Waals surface area contributed by atoms with E-state index in [4.69, 9.17) is 0 Å². The number of rotatable bonds is 3. The first-order valence-corrected chi connectivity index (χ1v) is 7.64. The number of nitrogens with one attached hydrogen (secondary N) is 2. The number of hydrogen-bond acceptors (Lipinski definition) is 4. The fraction of sp³-hybridized carbons (Fsp3) is 0.727. The predicted molar refractivity (Wildman–Crippen MR) is 68.8 cm³/mol. The smallest absolute Gasteiger partial charge is 0.259 e. The van der Waals surface area contributed by atoms with Crippen LogP contribution in [0.5, 0.6) is 0 Å². The number of nitrogens with zero attached hydrogens (tertiary/aromatic N) is 2. The summed E-state index contributed by atoms with van der Waals surface area (Å²) in [5.41, 5.74) is 0. The van der Waals surface area contributed by atoms with Crippen LogP contribution in [0.4, 0.5) is 0 Å². The van der Waals surface area contributed by atoms with Gasteiger partial charge < -0.3 is 9.88 Å². The van der Waals surface area contributed by atoms with Crippen LogP contribution in [0.25, 0.3) is 0 Å². The summed E-state index contributed by atoms with van der Waals surface area (Å²) < 4.78 is 28.8. The molecule has 1 aliphatic rings. The number of piperidine rings is 1. The first kappa shape index (κ1) is 13.5. The Labute approximate surface area is 108 Å². The Kier molecular flexibility index (Phi) is 3.74. The van der Waals surface area contributed by atoms with Crippen molar-refractivity contribution in [2.75, 3.05) is 6.54 Å². The molecule has 0 saturated carbocycles. The van der Waals surface area contributed by atoms with Crippen molar-refractivity contribution in [1.82, 2.24) is 19.6 Å². The van der Waals surface area contributed by atoms with Crippen molar-refractivity contribution in [2.24, 2.45) is 7.05 Å². The first-order valence-electron chi connectivity index (χ1n) is 6.16. The van der Waals surface area contributed by atoms with Gasteiger partial charge in [0, 0.05) is 25.3 Å². The van der Waals surface area contributed by atoms with Crippen LogP contribution in [0, 0.1) is 6.92 Å². The molecular formula is C11H20N4O2S. The quantitative estimate of drug-likeness (QED) is 0.821. The molecule has 1 fully saturated rings. The fourth-order valence-electron chi connectivity index (χ4n) is 2.12. The largest absolute Gasteiger partial charge is 0.337 e. The van der Waals surface area contributed by atoms with Gasteiger partial charge >= 0.3 is 0 Å². The van der Waals surface area contributed by atoms with Gasteiger partial charge in [-0.05, 0) is 33.2 Å². The molecule has 2 heterocycles. The van der Waals surface area contributed by atoms with Crippen molar-refractivity contribution in [1.29, 1.82) is 0 Å². The monoisotopic (exact) mass is 272 g/mol. The molecule has 2 atom stereocenters. The molecule has 0 aliphatic carbocycles. The Morgan fingerprint density at radius 3 is 2.83 bits per heavy atom. The van der Waals surface area contributed by atoms with E-state index in [1.165, 1.54) is 0 Å². The van der Waals surface area contributed by atoms with Crippen LogP contribution in [-0.2, 0) is 17.1 Å². The molecule has 1 aromatic rings. The zero-order chi connectivity index (χ0) is 13.3. The van der Waals surface area contributed by atoms with E-state index in [0.717, 1.165) is 19.4 Å². The van der Waals surface area contributed by atoms with Crippen LogP contribution in [0.15, 0.2) is 11.2 Å². The van der Waals surface area contributed by atoms with E-state index in [1.54, 1.807) is 24.7 Å². The van der Waals surface area contributed by atoms with E-state index >= 15 is 0 Å². The van der Waals surface area contributed by atoms with Gasteiger partial charge in [0.05, 0.1) is 0 Å². The van der Waals surface area contributed by atoms with Gasteiger partial charge in [-0.1, -0.05) is 0 Å². The maximum atomic E-state index is 12.2. The minimum Gasteiger partial charge on any atom is -0.337 e. The second-order valence-corrected chi connectivity index (χ2v) is 6.51. The highest BCUT2D eigenvalue weighted by Gasteiger charge is 2.27. The van der Waals surface area contributed by atoms with Gasteiger partial charge in [-0.3, -0.25) is 0 Å². The number of hydrogen-bond donors (Lipinski definition) is 2. The van der Waals surface area contributed by atoms with Gasteiger partial charge in [-0.15, -0.1) is 0 Å². The molecule has 1 aromatic heterocycles. The van der Waals surface area contributed by atoms with Gasteiger partial charge in [-0.2, -0.15) is 0 Å². The number of aryl methyl sites for hydroxylation is 2. The third kappa shape index (κ3) is 2.73. The Morgan fingerprint density at radius 1 is 1.56 bits per heavy atom. The topological polar surface area (TPSA) is 76.0 Å². The second kappa shape index (κ2) is 4.99. The average molecular weight is 272 g/mol. The van der Waals surface area contributed by atoms with Gasteiger partial charge in [-0.25, -0.2) is 18.1 Å². The van der Waals surface area contributed by atoms with E-state index in [-0.39, 0.29) is 17.1 Å². The molecule has 0 aromatic carbocycles. The highest BCUT2D eigenvalue weighted by molar-refractivity contribution is 7.89. The Hall–Kier alpha value is -0.920. The molecule has 7 heteroatoms. The van der Waals surface area contributed by atoms with Crippen molar-refractivity contribution >= 4 is 10.0 Å². The first-order chi connectivity index (χ1) is 8.40. The minimum atomic E-state index is -3.52. The van der Waals surface area contributed by atoms with Crippen LogP contribution in [-0.4, -0.2) is 36.6 Å². The molecule has 2 N–H and O–H groups in total. The summed E-state index contributed by atoms with van der Waals surface area (Å²) in [5.74, 6) is 0.685. The standard InChI is InChI=1S/C11H20N4O2S/c1-8-10(5-4-6-12-8)14-18(16,17)11-7-15(3)9(2)13-11/h7-8,10,12,14H,4-6H2,1-3H3/t8-,10+/m1/s1. The lowest BCUT2D eigenvalue weighted by atomic mass is 10.0. The molecule has 0 bridgehead atoms. The minimum absolute atomic E-state index is 0.0638. The van der Waals surface area contributed by atoms with Crippen LogP contribution >= 0.6 is 0 Å². The third-order valence-corrected chi connectivity index (χ3v) is 4.79. The van der Waals surface area contributed by atoms with Crippen molar-refractivity contribution in [2.45, 2.75) is 43.8 Å². The van der Waals surface area contributed by atoms with E-state index < -0.39 is 10.0 Å². The molecule has 2 rings (SSSR count). The lowest BCUT2D eigenvalue weighted by Crippen LogP contribution is -2.51. The van der Waals surface area contributed by atoms with Crippen molar-refractivity contribution < 1.29 is 8.42 Å². The van der Waals surface area contributed by atoms with E-state index in [9.17, 15) is 8.42 Å². The highest BCUT2D eigenvalue weighted by Crippen LogP contribution is 2.13. The summed E-state index contributed by atoms with van der Waals surface area (Å²) in [7, 11) is -1.73. The molecule has 102 valence electrons. The lowest BCUT2D eigenvalue weighted by Gasteiger charge is -2.30. The predicted octanol–water partition coefficient (Wildman–Crippen LogP) is 0.147. The Balaban J connectivity index is 2.16. The summed E-state index contributed by atoms with van der Waals surface area (Å²) in [6, 6.07) is 0.0874. The molecular weight excluding hydrogens is 252 g/mol. The molecule has 0 amide bonds. The maximum Gasteiger partial charge on any atom is 0.259 e. The van der Waals surface area contributed by atoms with Crippen molar-refractivity contribution in [3.63, 3.8) is 0 Å². The molecule has 1 saturated heterocycles. The zero-order valence-electron chi connectivity index (χ0n) is 11.0. The number of imidazole rings is 1. The third-order valence-electron chi connectivity index (χ3n) is 3.43. The molecule has 6 nitrogen and oxygen atoms in total. The van der Waals surface area contributed by atoms with Crippen LogP contribution in [0.1, 0.15) is 25.6 Å².